The number of hydrogen-bond acceptors (Lipinski definition) is 5. The molecule has 0 radical (unpaired) electrons. The van der Waals surface area contributed by atoms with Crippen molar-refractivity contribution in [3.63, 3.8) is 0 Å². The van der Waals surface area contributed by atoms with E-state index in [1.807, 2.05) is 0 Å². The molecule has 0 saturated carbocycles. The Kier molecular flexibility index (Phi) is 5.13. The highest BCUT2D eigenvalue weighted by molar-refractivity contribution is 7.92. The van der Waals surface area contributed by atoms with Crippen molar-refractivity contribution in [3.8, 4) is 0 Å². The Balaban J connectivity index is 1.73. The predicted molar refractivity (Wildman–Crippen MR) is 110 cm³/mol. The van der Waals surface area contributed by atoms with Gasteiger partial charge in [-0.1, -0.05) is 30.3 Å². The van der Waals surface area contributed by atoms with E-state index in [1.165, 1.54) is 23.4 Å². The molecule has 0 aliphatic carbocycles. The lowest BCUT2D eigenvalue weighted by Crippen LogP contribution is -2.27. The van der Waals surface area contributed by atoms with Gasteiger partial charge in [-0.2, -0.15) is 5.10 Å². The zero-order valence-electron chi connectivity index (χ0n) is 15.9. The Labute approximate surface area is 172 Å². The van der Waals surface area contributed by atoms with Gasteiger partial charge in [0.25, 0.3) is 0 Å². The Bertz CT molecular complexity index is 1220. The number of furan rings is 1. The van der Waals surface area contributed by atoms with Gasteiger partial charge in [0.15, 0.2) is 5.76 Å². The first-order valence-corrected chi connectivity index (χ1v) is 11.0. The third kappa shape index (κ3) is 4.11. The number of amides is 1. The van der Waals surface area contributed by atoms with Crippen LogP contribution in [0.25, 0.3) is 0 Å². The van der Waals surface area contributed by atoms with Crippen molar-refractivity contribution in [2.75, 3.05) is 11.0 Å². The molecule has 2 aromatic carbocycles. The lowest BCUT2D eigenvalue weighted by atomic mass is 9.97. The predicted octanol–water partition coefficient (Wildman–Crippen LogP) is 3.78. The topological polar surface area (TPSA) is 92.0 Å². The SMILES string of the molecule is CS(=O)(=O)Nc1cccc(C2=NN(C(=O)c3ccco3)C(c3ccccc3F)C2)c1. The molecule has 1 aromatic heterocycles. The van der Waals surface area contributed by atoms with Crippen LogP contribution < -0.4 is 4.72 Å². The molecule has 1 atom stereocenters. The summed E-state index contributed by atoms with van der Waals surface area (Å²) >= 11 is 0. The Morgan fingerprint density at radius 2 is 1.97 bits per heavy atom. The van der Waals surface area contributed by atoms with Gasteiger partial charge in [-0.25, -0.2) is 17.8 Å². The number of hydrazone groups is 1. The van der Waals surface area contributed by atoms with Gasteiger partial charge in [0.2, 0.25) is 10.0 Å². The van der Waals surface area contributed by atoms with Crippen LogP contribution in [0.4, 0.5) is 10.1 Å². The zero-order valence-corrected chi connectivity index (χ0v) is 16.8. The van der Waals surface area contributed by atoms with Crippen LogP contribution in [0.2, 0.25) is 0 Å². The summed E-state index contributed by atoms with van der Waals surface area (Å²) in [5.41, 5.74) is 1.86. The van der Waals surface area contributed by atoms with Crippen LogP contribution in [-0.4, -0.2) is 31.3 Å². The molecule has 0 bridgehead atoms. The summed E-state index contributed by atoms with van der Waals surface area (Å²) in [6.07, 6.45) is 2.70. The maximum Gasteiger partial charge on any atom is 0.310 e. The molecule has 154 valence electrons. The van der Waals surface area contributed by atoms with Crippen LogP contribution in [-0.2, 0) is 10.0 Å². The monoisotopic (exact) mass is 427 g/mol. The van der Waals surface area contributed by atoms with Crippen molar-refractivity contribution < 1.29 is 22.0 Å². The van der Waals surface area contributed by atoms with Crippen LogP contribution in [0.1, 0.15) is 34.1 Å². The second-order valence-corrected chi connectivity index (χ2v) is 8.62. The first-order chi connectivity index (χ1) is 14.3. The number of carbonyl (C=O) groups is 1. The molecule has 2 heterocycles. The third-order valence-electron chi connectivity index (χ3n) is 4.61. The Morgan fingerprint density at radius 1 is 1.17 bits per heavy atom. The number of nitrogens with zero attached hydrogens (tertiary/aromatic N) is 2. The van der Waals surface area contributed by atoms with Crippen LogP contribution in [0, 0.1) is 5.82 Å². The molecule has 1 aliphatic rings. The number of rotatable bonds is 5. The molecular formula is C21H18FN3O4S. The van der Waals surface area contributed by atoms with Gasteiger partial charge in [-0.05, 0) is 35.9 Å². The van der Waals surface area contributed by atoms with Gasteiger partial charge in [-0.15, -0.1) is 0 Å². The number of sulfonamides is 1. The summed E-state index contributed by atoms with van der Waals surface area (Å²) < 4.78 is 45.2. The van der Waals surface area contributed by atoms with Crippen molar-refractivity contribution in [2.24, 2.45) is 5.10 Å². The second kappa shape index (κ2) is 7.75. The number of nitrogens with one attached hydrogen (secondary N) is 1. The van der Waals surface area contributed by atoms with E-state index in [1.54, 1.807) is 48.5 Å². The van der Waals surface area contributed by atoms with Gasteiger partial charge >= 0.3 is 5.91 Å². The average Bonchev–Trinajstić information content (AvgIpc) is 3.37. The summed E-state index contributed by atoms with van der Waals surface area (Å²) in [6.45, 7) is 0. The fourth-order valence-electron chi connectivity index (χ4n) is 3.35. The van der Waals surface area contributed by atoms with Crippen molar-refractivity contribution in [1.29, 1.82) is 0 Å². The molecule has 3 aromatic rings. The molecule has 4 rings (SSSR count). The smallest absolute Gasteiger partial charge is 0.310 e. The molecular weight excluding hydrogens is 409 g/mol. The third-order valence-corrected chi connectivity index (χ3v) is 5.22. The van der Waals surface area contributed by atoms with E-state index in [2.05, 4.69) is 9.82 Å². The highest BCUT2D eigenvalue weighted by Gasteiger charge is 2.36. The molecule has 1 N–H and O–H groups in total. The summed E-state index contributed by atoms with van der Waals surface area (Å²) in [5.74, 6) is -0.841. The maximum absolute atomic E-state index is 14.5. The summed E-state index contributed by atoms with van der Waals surface area (Å²) in [6, 6.07) is 15.3. The minimum atomic E-state index is -3.45. The summed E-state index contributed by atoms with van der Waals surface area (Å²) in [7, 11) is -3.45. The fraction of sp³-hybridized carbons (Fsp3) is 0.143. The quantitative estimate of drug-likeness (QED) is 0.671. The van der Waals surface area contributed by atoms with Gasteiger partial charge < -0.3 is 4.42 Å². The van der Waals surface area contributed by atoms with Gasteiger partial charge in [-0.3, -0.25) is 9.52 Å². The molecule has 30 heavy (non-hydrogen) atoms. The van der Waals surface area contributed by atoms with E-state index >= 15 is 0 Å². The highest BCUT2D eigenvalue weighted by Crippen LogP contribution is 2.35. The van der Waals surface area contributed by atoms with Crippen LogP contribution >= 0.6 is 0 Å². The Morgan fingerprint density at radius 3 is 2.67 bits per heavy atom. The maximum atomic E-state index is 14.5. The summed E-state index contributed by atoms with van der Waals surface area (Å²) in [5, 5.41) is 5.66. The molecule has 1 unspecified atom stereocenters. The molecule has 0 saturated heterocycles. The first kappa shape index (κ1) is 19.8. The normalized spacial score (nSPS) is 16.4. The minimum absolute atomic E-state index is 0.0915. The van der Waals surface area contributed by atoms with Gasteiger partial charge in [0, 0.05) is 17.7 Å². The minimum Gasteiger partial charge on any atom is -0.459 e. The molecule has 7 nitrogen and oxygen atoms in total. The van der Waals surface area contributed by atoms with E-state index in [4.69, 9.17) is 4.42 Å². The first-order valence-electron chi connectivity index (χ1n) is 9.09. The second-order valence-electron chi connectivity index (χ2n) is 6.87. The molecule has 1 aliphatic heterocycles. The van der Waals surface area contributed by atoms with Crippen LogP contribution in [0.3, 0.4) is 0 Å². The lowest BCUT2D eigenvalue weighted by Gasteiger charge is -2.21. The van der Waals surface area contributed by atoms with Crippen molar-refractivity contribution in [2.45, 2.75) is 12.5 Å². The van der Waals surface area contributed by atoms with E-state index < -0.39 is 27.8 Å². The fourth-order valence-corrected chi connectivity index (χ4v) is 3.90. The van der Waals surface area contributed by atoms with E-state index in [-0.39, 0.29) is 12.2 Å². The zero-order chi connectivity index (χ0) is 21.3. The number of carbonyl (C=O) groups excluding carboxylic acids is 1. The molecule has 0 spiro atoms. The number of anilines is 1. The van der Waals surface area contributed by atoms with E-state index in [0.29, 0.717) is 22.5 Å². The van der Waals surface area contributed by atoms with Crippen molar-refractivity contribution >= 4 is 27.3 Å². The van der Waals surface area contributed by atoms with Crippen LogP contribution in [0.5, 0.6) is 0 Å². The van der Waals surface area contributed by atoms with Crippen molar-refractivity contribution in [1.82, 2.24) is 5.01 Å². The van der Waals surface area contributed by atoms with Gasteiger partial charge in [0.1, 0.15) is 5.82 Å². The molecule has 1 amide bonds. The van der Waals surface area contributed by atoms with Crippen LogP contribution in [0.15, 0.2) is 76.4 Å². The number of hydrogen-bond donors (Lipinski definition) is 1. The number of benzene rings is 2. The van der Waals surface area contributed by atoms with Crippen molar-refractivity contribution in [3.05, 3.63) is 89.6 Å². The van der Waals surface area contributed by atoms with E-state index in [9.17, 15) is 17.6 Å². The van der Waals surface area contributed by atoms with Gasteiger partial charge in [0.05, 0.1) is 24.3 Å². The Hall–Kier alpha value is -3.46. The summed E-state index contributed by atoms with van der Waals surface area (Å²) in [4.78, 5) is 12.9. The largest absolute Gasteiger partial charge is 0.459 e. The van der Waals surface area contributed by atoms with E-state index in [0.717, 1.165) is 6.26 Å². The molecule has 0 fully saturated rings. The standard InChI is InChI=1S/C21H18FN3O4S/c1-30(27,28)24-15-7-4-6-14(12-15)18-13-19(16-8-2-3-9-17(16)22)25(23-18)21(26)20-10-5-11-29-20/h2-12,19,24H,13H2,1H3. The average molecular weight is 427 g/mol. The lowest BCUT2D eigenvalue weighted by molar-refractivity contribution is 0.0676. The molecule has 9 heteroatoms. The number of halogens is 1. The highest BCUT2D eigenvalue weighted by atomic mass is 32.2.